The van der Waals surface area contributed by atoms with Gasteiger partial charge in [-0.3, -0.25) is 0 Å². The monoisotopic (exact) mass is 276 g/mol. The van der Waals surface area contributed by atoms with E-state index in [1.165, 1.54) is 0 Å². The molecule has 3 rings (SSSR count). The van der Waals surface area contributed by atoms with E-state index >= 15 is 0 Å². The number of hydrogen-bond acceptors (Lipinski definition) is 5. The number of hydrogen-bond donors (Lipinski definition) is 1. The third kappa shape index (κ3) is 2.14. The van der Waals surface area contributed by atoms with Crippen LogP contribution in [0.25, 0.3) is 11.1 Å². The summed E-state index contributed by atoms with van der Waals surface area (Å²) in [5, 5.41) is 12.9. The molecule has 1 aromatic heterocycles. The summed E-state index contributed by atoms with van der Waals surface area (Å²) in [6.45, 7) is 4.74. The number of nitrogens with one attached hydrogen (secondary N) is 1. The molecule has 0 spiro atoms. The van der Waals surface area contributed by atoms with E-state index in [0.717, 1.165) is 19.6 Å². The summed E-state index contributed by atoms with van der Waals surface area (Å²) in [5.74, 6) is 0. The summed E-state index contributed by atoms with van der Waals surface area (Å²) in [7, 11) is 0. The van der Waals surface area contributed by atoms with Crippen LogP contribution in [0.5, 0.6) is 0 Å². The first-order valence-corrected chi connectivity index (χ1v) is 6.54. The van der Waals surface area contributed by atoms with E-state index < -0.39 is 0 Å². The highest BCUT2D eigenvalue weighted by Gasteiger charge is 2.23. The summed E-state index contributed by atoms with van der Waals surface area (Å²) < 4.78 is 5.76. The topological polar surface area (TPSA) is 65.1 Å². The standard InChI is InChI=1S/C13H13ClN4O/c1-8-7-16-2-3-18(8)13-17-11-5-10(14)4-9(6-15)12(11)19-13/h4-5,8,16H,2-3,7H2,1H3/t8-/m0/s1. The average Bonchev–Trinajstić information content (AvgIpc) is 2.81. The first-order valence-electron chi connectivity index (χ1n) is 6.16. The average molecular weight is 277 g/mol. The molecule has 5 nitrogen and oxygen atoms in total. The van der Waals surface area contributed by atoms with Gasteiger partial charge in [0.2, 0.25) is 0 Å². The number of benzene rings is 1. The second kappa shape index (κ2) is 4.72. The van der Waals surface area contributed by atoms with Crippen molar-refractivity contribution in [2.75, 3.05) is 24.5 Å². The zero-order valence-electron chi connectivity index (χ0n) is 10.5. The molecule has 1 N–H and O–H groups in total. The van der Waals surface area contributed by atoms with Crippen molar-refractivity contribution in [3.8, 4) is 6.07 Å². The Labute approximate surface area is 115 Å². The number of nitrogens with zero attached hydrogens (tertiary/aromatic N) is 3. The Morgan fingerprint density at radius 3 is 3.16 bits per heavy atom. The van der Waals surface area contributed by atoms with Crippen molar-refractivity contribution in [3.05, 3.63) is 22.7 Å². The Bertz CT molecular complexity index is 660. The van der Waals surface area contributed by atoms with Gasteiger partial charge in [-0.1, -0.05) is 11.6 Å². The molecule has 19 heavy (non-hydrogen) atoms. The van der Waals surface area contributed by atoms with Crippen molar-refractivity contribution < 1.29 is 4.42 Å². The number of rotatable bonds is 1. The van der Waals surface area contributed by atoms with Gasteiger partial charge in [-0.25, -0.2) is 0 Å². The van der Waals surface area contributed by atoms with Crippen LogP contribution in [0.2, 0.25) is 5.02 Å². The van der Waals surface area contributed by atoms with Gasteiger partial charge in [0, 0.05) is 30.7 Å². The van der Waals surface area contributed by atoms with Crippen LogP contribution in [-0.2, 0) is 0 Å². The van der Waals surface area contributed by atoms with Gasteiger partial charge in [0.05, 0.1) is 5.56 Å². The number of halogens is 1. The first kappa shape index (κ1) is 12.3. The first-order chi connectivity index (χ1) is 9.19. The molecule has 98 valence electrons. The van der Waals surface area contributed by atoms with E-state index in [1.54, 1.807) is 12.1 Å². The molecule has 2 aromatic rings. The third-order valence-corrected chi connectivity index (χ3v) is 3.53. The van der Waals surface area contributed by atoms with E-state index in [4.69, 9.17) is 21.3 Å². The molecule has 1 fully saturated rings. The second-order valence-corrected chi connectivity index (χ2v) is 5.09. The van der Waals surface area contributed by atoms with Crippen LogP contribution < -0.4 is 10.2 Å². The fourth-order valence-electron chi connectivity index (χ4n) is 2.32. The molecule has 0 aliphatic carbocycles. The Morgan fingerprint density at radius 2 is 2.42 bits per heavy atom. The Kier molecular flexibility index (Phi) is 3.05. The maximum absolute atomic E-state index is 9.11. The van der Waals surface area contributed by atoms with Crippen molar-refractivity contribution in [1.29, 1.82) is 5.26 Å². The summed E-state index contributed by atoms with van der Waals surface area (Å²) in [6, 6.07) is 6.27. The van der Waals surface area contributed by atoms with Crippen LogP contribution in [-0.4, -0.2) is 30.7 Å². The third-order valence-electron chi connectivity index (χ3n) is 3.31. The lowest BCUT2D eigenvalue weighted by Gasteiger charge is -2.32. The van der Waals surface area contributed by atoms with Gasteiger partial charge < -0.3 is 14.6 Å². The molecule has 0 saturated carbocycles. The summed E-state index contributed by atoms with van der Waals surface area (Å²) in [6.07, 6.45) is 0. The molecule has 1 atom stereocenters. The number of oxazole rings is 1. The van der Waals surface area contributed by atoms with Crippen LogP contribution >= 0.6 is 11.6 Å². The quantitative estimate of drug-likeness (QED) is 0.865. The van der Waals surface area contributed by atoms with Crippen LogP contribution in [0.15, 0.2) is 16.5 Å². The highest BCUT2D eigenvalue weighted by Crippen LogP contribution is 2.28. The molecule has 0 bridgehead atoms. The van der Waals surface area contributed by atoms with Crippen LogP contribution in [0.3, 0.4) is 0 Å². The largest absolute Gasteiger partial charge is 0.422 e. The fourth-order valence-corrected chi connectivity index (χ4v) is 2.53. The Morgan fingerprint density at radius 1 is 1.58 bits per heavy atom. The minimum atomic E-state index is 0.308. The number of anilines is 1. The van der Waals surface area contributed by atoms with E-state index in [1.807, 2.05) is 0 Å². The highest BCUT2D eigenvalue weighted by atomic mass is 35.5. The lowest BCUT2D eigenvalue weighted by molar-refractivity contribution is 0.456. The summed E-state index contributed by atoms with van der Waals surface area (Å²) in [4.78, 5) is 6.55. The van der Waals surface area contributed by atoms with Crippen LogP contribution in [0.1, 0.15) is 12.5 Å². The Hall–Kier alpha value is -1.77. The SMILES string of the molecule is C[C@H]1CNCCN1c1nc2cc(Cl)cc(C#N)c2o1. The normalized spacial score (nSPS) is 19.6. The molecular formula is C13H13ClN4O. The zero-order valence-corrected chi connectivity index (χ0v) is 11.2. The number of fused-ring (bicyclic) bond motifs is 1. The van der Waals surface area contributed by atoms with Gasteiger partial charge in [0.25, 0.3) is 6.01 Å². The van der Waals surface area contributed by atoms with Gasteiger partial charge in [0.15, 0.2) is 5.58 Å². The van der Waals surface area contributed by atoms with Crippen molar-refractivity contribution in [1.82, 2.24) is 10.3 Å². The van der Waals surface area contributed by atoms with E-state index in [0.29, 0.717) is 33.7 Å². The molecule has 6 heteroatoms. The van der Waals surface area contributed by atoms with Gasteiger partial charge in [0.1, 0.15) is 11.6 Å². The van der Waals surface area contributed by atoms with E-state index in [-0.39, 0.29) is 0 Å². The smallest absolute Gasteiger partial charge is 0.298 e. The molecule has 2 heterocycles. The lowest BCUT2D eigenvalue weighted by atomic mass is 10.2. The number of aromatic nitrogens is 1. The molecule has 1 aliphatic rings. The molecule has 0 unspecified atom stereocenters. The van der Waals surface area contributed by atoms with Crippen molar-refractivity contribution in [2.24, 2.45) is 0 Å². The summed E-state index contributed by atoms with van der Waals surface area (Å²) in [5.41, 5.74) is 1.56. The number of piperazine rings is 1. The van der Waals surface area contributed by atoms with Crippen LogP contribution in [0.4, 0.5) is 6.01 Å². The van der Waals surface area contributed by atoms with Gasteiger partial charge >= 0.3 is 0 Å². The predicted molar refractivity (Wildman–Crippen MR) is 73.4 cm³/mol. The van der Waals surface area contributed by atoms with Crippen molar-refractivity contribution in [2.45, 2.75) is 13.0 Å². The second-order valence-electron chi connectivity index (χ2n) is 4.66. The van der Waals surface area contributed by atoms with E-state index in [2.05, 4.69) is 28.2 Å². The number of nitriles is 1. The van der Waals surface area contributed by atoms with Gasteiger partial charge in [-0.15, -0.1) is 0 Å². The zero-order chi connectivity index (χ0) is 13.4. The Balaban J connectivity index is 2.09. The van der Waals surface area contributed by atoms with E-state index in [9.17, 15) is 0 Å². The minimum Gasteiger partial charge on any atom is -0.422 e. The van der Waals surface area contributed by atoms with Crippen molar-refractivity contribution >= 4 is 28.7 Å². The molecule has 1 aliphatic heterocycles. The highest BCUT2D eigenvalue weighted by molar-refractivity contribution is 6.31. The maximum Gasteiger partial charge on any atom is 0.298 e. The predicted octanol–water partition coefficient (Wildman–Crippen LogP) is 2.15. The van der Waals surface area contributed by atoms with Crippen LogP contribution in [0, 0.1) is 11.3 Å². The molecule has 1 saturated heterocycles. The molecular weight excluding hydrogens is 264 g/mol. The lowest BCUT2D eigenvalue weighted by Crippen LogP contribution is -2.50. The minimum absolute atomic E-state index is 0.308. The fraction of sp³-hybridized carbons (Fsp3) is 0.385. The maximum atomic E-state index is 9.11. The van der Waals surface area contributed by atoms with Gasteiger partial charge in [-0.2, -0.15) is 10.2 Å². The molecule has 0 amide bonds. The van der Waals surface area contributed by atoms with Gasteiger partial charge in [-0.05, 0) is 19.1 Å². The molecule has 0 radical (unpaired) electrons. The summed E-state index contributed by atoms with van der Waals surface area (Å²) >= 11 is 5.97. The molecule has 1 aromatic carbocycles. The van der Waals surface area contributed by atoms with Crippen molar-refractivity contribution in [3.63, 3.8) is 0 Å².